The van der Waals surface area contributed by atoms with Crippen LogP contribution in [0.15, 0.2) is 0 Å². The second-order valence-electron chi connectivity index (χ2n) is 4.54. The average molecular weight is 280 g/mol. The third kappa shape index (κ3) is 6.65. The van der Waals surface area contributed by atoms with E-state index in [0.29, 0.717) is 39.0 Å². The van der Waals surface area contributed by atoms with E-state index < -0.39 is 15.3 Å². The van der Waals surface area contributed by atoms with E-state index in [1.54, 1.807) is 14.0 Å². The molecule has 0 aromatic carbocycles. The standard InChI is InChI=1S/C11H24N2O4S/c1-10(9-12-11-3-4-11)18(14,15)13-5-6-17-8-7-16-2/h10-13H,3-9H2,1-2H3. The molecule has 0 bridgehead atoms. The van der Waals surface area contributed by atoms with Crippen molar-refractivity contribution < 1.29 is 17.9 Å². The van der Waals surface area contributed by atoms with Crippen LogP contribution < -0.4 is 10.0 Å². The number of hydrogen-bond donors (Lipinski definition) is 2. The average Bonchev–Trinajstić information content (AvgIpc) is 3.14. The molecule has 108 valence electrons. The Labute approximate surface area is 109 Å². The molecule has 1 aliphatic carbocycles. The van der Waals surface area contributed by atoms with Gasteiger partial charge in [-0.05, 0) is 19.8 Å². The van der Waals surface area contributed by atoms with Crippen molar-refractivity contribution in [2.75, 3.05) is 40.0 Å². The van der Waals surface area contributed by atoms with Crippen LogP contribution >= 0.6 is 0 Å². The Hall–Kier alpha value is -0.210. The van der Waals surface area contributed by atoms with E-state index in [9.17, 15) is 8.42 Å². The molecule has 1 atom stereocenters. The molecule has 0 aromatic heterocycles. The minimum Gasteiger partial charge on any atom is -0.382 e. The van der Waals surface area contributed by atoms with E-state index >= 15 is 0 Å². The second-order valence-corrected chi connectivity index (χ2v) is 6.72. The maximum Gasteiger partial charge on any atom is 0.215 e. The summed E-state index contributed by atoms with van der Waals surface area (Å²) < 4.78 is 36.2. The fourth-order valence-corrected chi connectivity index (χ4v) is 2.34. The highest BCUT2D eigenvalue weighted by Crippen LogP contribution is 2.18. The van der Waals surface area contributed by atoms with Gasteiger partial charge in [0.05, 0.1) is 25.1 Å². The van der Waals surface area contributed by atoms with Gasteiger partial charge in [0.15, 0.2) is 0 Å². The largest absolute Gasteiger partial charge is 0.382 e. The lowest BCUT2D eigenvalue weighted by Crippen LogP contribution is -2.40. The van der Waals surface area contributed by atoms with Crippen LogP contribution in [0.2, 0.25) is 0 Å². The molecule has 0 saturated heterocycles. The molecule has 1 saturated carbocycles. The molecule has 1 rings (SSSR count). The van der Waals surface area contributed by atoms with Crippen LogP contribution in [0.3, 0.4) is 0 Å². The molecule has 1 unspecified atom stereocenters. The molecule has 0 radical (unpaired) electrons. The van der Waals surface area contributed by atoms with Crippen molar-refractivity contribution >= 4 is 10.0 Å². The fraction of sp³-hybridized carbons (Fsp3) is 1.00. The summed E-state index contributed by atoms with van der Waals surface area (Å²) in [6.07, 6.45) is 2.32. The SMILES string of the molecule is COCCOCCNS(=O)(=O)C(C)CNC1CC1. The van der Waals surface area contributed by atoms with Crippen LogP contribution in [0.4, 0.5) is 0 Å². The summed E-state index contributed by atoms with van der Waals surface area (Å²) in [5.74, 6) is 0. The van der Waals surface area contributed by atoms with Crippen LogP contribution in [0.5, 0.6) is 0 Å². The zero-order valence-electron chi connectivity index (χ0n) is 11.1. The molecular weight excluding hydrogens is 256 g/mol. The summed E-state index contributed by atoms with van der Waals surface area (Å²) in [7, 11) is -1.65. The summed E-state index contributed by atoms with van der Waals surface area (Å²) in [5.41, 5.74) is 0. The molecule has 6 nitrogen and oxygen atoms in total. The predicted octanol–water partition coefficient (Wildman–Crippen LogP) is -0.291. The number of methoxy groups -OCH3 is 1. The third-order valence-electron chi connectivity index (χ3n) is 2.78. The molecule has 18 heavy (non-hydrogen) atoms. The number of rotatable bonds is 11. The molecule has 0 aromatic rings. The molecule has 0 amide bonds. The fourth-order valence-electron chi connectivity index (χ4n) is 1.37. The van der Waals surface area contributed by atoms with Crippen LogP contribution in [0.1, 0.15) is 19.8 Å². The van der Waals surface area contributed by atoms with Gasteiger partial charge in [-0.3, -0.25) is 0 Å². The van der Waals surface area contributed by atoms with E-state index in [4.69, 9.17) is 9.47 Å². The zero-order chi connectivity index (χ0) is 13.4. The van der Waals surface area contributed by atoms with Crippen LogP contribution in [0, 0.1) is 0 Å². The van der Waals surface area contributed by atoms with Crippen LogP contribution in [-0.2, 0) is 19.5 Å². The Kier molecular flexibility index (Phi) is 7.10. The topological polar surface area (TPSA) is 76.7 Å². The Balaban J connectivity index is 2.09. The van der Waals surface area contributed by atoms with Crippen LogP contribution in [-0.4, -0.2) is 59.7 Å². The Morgan fingerprint density at radius 1 is 1.28 bits per heavy atom. The maximum atomic E-state index is 11.8. The van der Waals surface area contributed by atoms with Gasteiger partial charge < -0.3 is 14.8 Å². The Bertz CT molecular complexity index is 317. The number of sulfonamides is 1. The Morgan fingerprint density at radius 2 is 2.00 bits per heavy atom. The van der Waals surface area contributed by atoms with Crippen molar-refractivity contribution in [3.63, 3.8) is 0 Å². The van der Waals surface area contributed by atoms with E-state index in [1.807, 2.05) is 0 Å². The predicted molar refractivity (Wildman–Crippen MR) is 70.1 cm³/mol. The lowest BCUT2D eigenvalue weighted by Gasteiger charge is -2.14. The number of ether oxygens (including phenoxy) is 2. The zero-order valence-corrected chi connectivity index (χ0v) is 12.0. The Morgan fingerprint density at radius 3 is 2.61 bits per heavy atom. The summed E-state index contributed by atoms with van der Waals surface area (Å²) >= 11 is 0. The maximum absolute atomic E-state index is 11.8. The van der Waals surface area contributed by atoms with E-state index in [1.165, 1.54) is 0 Å². The minimum atomic E-state index is -3.24. The van der Waals surface area contributed by atoms with Crippen molar-refractivity contribution in [1.29, 1.82) is 0 Å². The monoisotopic (exact) mass is 280 g/mol. The highest BCUT2D eigenvalue weighted by atomic mass is 32.2. The molecule has 1 aliphatic rings. The molecule has 0 heterocycles. The van der Waals surface area contributed by atoms with Gasteiger partial charge in [0.25, 0.3) is 0 Å². The first kappa shape index (κ1) is 15.8. The van der Waals surface area contributed by atoms with Gasteiger partial charge in [0, 0.05) is 26.2 Å². The van der Waals surface area contributed by atoms with Crippen molar-refractivity contribution in [3.05, 3.63) is 0 Å². The molecule has 7 heteroatoms. The smallest absolute Gasteiger partial charge is 0.215 e. The lowest BCUT2D eigenvalue weighted by molar-refractivity contribution is 0.0736. The quantitative estimate of drug-likeness (QED) is 0.509. The van der Waals surface area contributed by atoms with E-state index in [0.717, 1.165) is 12.8 Å². The molecule has 1 fully saturated rings. The number of nitrogens with one attached hydrogen (secondary N) is 2. The third-order valence-corrected chi connectivity index (χ3v) is 4.62. The second kappa shape index (κ2) is 8.06. The molecule has 2 N–H and O–H groups in total. The van der Waals surface area contributed by atoms with Gasteiger partial charge >= 0.3 is 0 Å². The van der Waals surface area contributed by atoms with Crippen molar-refractivity contribution in [3.8, 4) is 0 Å². The minimum absolute atomic E-state index is 0.305. The first-order valence-corrected chi connectivity index (χ1v) is 7.89. The van der Waals surface area contributed by atoms with Gasteiger partial charge in [-0.1, -0.05) is 0 Å². The van der Waals surface area contributed by atoms with E-state index in [2.05, 4.69) is 10.0 Å². The summed E-state index contributed by atoms with van der Waals surface area (Å²) in [6, 6.07) is 0.528. The first-order chi connectivity index (χ1) is 8.56. The van der Waals surface area contributed by atoms with Gasteiger partial charge in [-0.2, -0.15) is 0 Å². The lowest BCUT2D eigenvalue weighted by atomic mass is 10.4. The van der Waals surface area contributed by atoms with Crippen molar-refractivity contribution in [1.82, 2.24) is 10.0 Å². The van der Waals surface area contributed by atoms with E-state index in [-0.39, 0.29) is 0 Å². The van der Waals surface area contributed by atoms with Gasteiger partial charge in [-0.25, -0.2) is 13.1 Å². The summed E-state index contributed by atoms with van der Waals surface area (Å²) in [5, 5.41) is 2.79. The van der Waals surface area contributed by atoms with Crippen LogP contribution in [0.25, 0.3) is 0 Å². The summed E-state index contributed by atoms with van der Waals surface area (Å²) in [4.78, 5) is 0. The highest BCUT2D eigenvalue weighted by Gasteiger charge is 2.25. The van der Waals surface area contributed by atoms with Crippen molar-refractivity contribution in [2.24, 2.45) is 0 Å². The molecular formula is C11H24N2O4S. The van der Waals surface area contributed by atoms with Gasteiger partial charge in [0.2, 0.25) is 10.0 Å². The number of hydrogen-bond acceptors (Lipinski definition) is 5. The first-order valence-electron chi connectivity index (χ1n) is 6.35. The molecule has 0 spiro atoms. The highest BCUT2D eigenvalue weighted by molar-refractivity contribution is 7.90. The van der Waals surface area contributed by atoms with Gasteiger partial charge in [-0.15, -0.1) is 0 Å². The molecule has 0 aliphatic heterocycles. The van der Waals surface area contributed by atoms with Crippen molar-refractivity contribution in [2.45, 2.75) is 31.1 Å². The summed E-state index contributed by atoms with van der Waals surface area (Å²) in [6.45, 7) is 3.89. The van der Waals surface area contributed by atoms with Gasteiger partial charge in [0.1, 0.15) is 0 Å². The normalized spacial score (nSPS) is 17.9.